The van der Waals surface area contributed by atoms with Gasteiger partial charge in [0.15, 0.2) is 0 Å². The average molecular weight is 413 g/mol. The Labute approximate surface area is 179 Å². The number of ether oxygens (including phenoxy) is 2. The molecule has 6 nitrogen and oxygen atoms in total. The smallest absolute Gasteiger partial charge is 0.328 e. The molecule has 0 aliphatic carbocycles. The van der Waals surface area contributed by atoms with Gasteiger partial charge in [0.25, 0.3) is 0 Å². The number of esters is 1. The SMILES string of the molecule is COC(=O)[C@H](CC(C)C)NC(=O)[C@H](Cc1ccccc1)NCc1ccc(OC)cc1. The topological polar surface area (TPSA) is 76.7 Å². The minimum Gasteiger partial charge on any atom is -0.497 e. The molecular weight excluding hydrogens is 380 g/mol. The maximum Gasteiger partial charge on any atom is 0.328 e. The molecule has 1 amide bonds. The maximum absolute atomic E-state index is 13.1. The van der Waals surface area contributed by atoms with Crippen LogP contribution in [0.3, 0.4) is 0 Å². The van der Waals surface area contributed by atoms with E-state index in [0.29, 0.717) is 19.4 Å². The number of hydrogen-bond acceptors (Lipinski definition) is 5. The highest BCUT2D eigenvalue weighted by Crippen LogP contribution is 2.12. The standard InChI is InChI=1S/C24H32N2O4/c1-17(2)14-22(24(28)30-4)26-23(27)21(15-18-8-6-5-7-9-18)25-16-19-10-12-20(29-3)13-11-19/h5-13,17,21-22,25H,14-16H2,1-4H3,(H,26,27)/t21-,22-/m0/s1. The number of carbonyl (C=O) groups is 2. The van der Waals surface area contributed by atoms with E-state index in [4.69, 9.17) is 9.47 Å². The van der Waals surface area contributed by atoms with Gasteiger partial charge in [0.2, 0.25) is 5.91 Å². The number of hydrogen-bond donors (Lipinski definition) is 2. The Morgan fingerprint density at radius 2 is 1.57 bits per heavy atom. The van der Waals surface area contributed by atoms with Crippen molar-refractivity contribution in [2.75, 3.05) is 14.2 Å². The zero-order valence-electron chi connectivity index (χ0n) is 18.2. The van der Waals surface area contributed by atoms with Gasteiger partial charge in [0, 0.05) is 6.54 Å². The van der Waals surface area contributed by atoms with Crippen LogP contribution < -0.4 is 15.4 Å². The molecule has 2 aromatic rings. The summed E-state index contributed by atoms with van der Waals surface area (Å²) >= 11 is 0. The third-order valence-corrected chi connectivity index (χ3v) is 4.82. The highest BCUT2D eigenvalue weighted by Gasteiger charge is 2.26. The Morgan fingerprint density at radius 1 is 0.900 bits per heavy atom. The molecule has 2 atom stereocenters. The van der Waals surface area contributed by atoms with E-state index in [1.807, 2.05) is 68.4 Å². The number of amides is 1. The van der Waals surface area contributed by atoms with E-state index in [1.54, 1.807) is 7.11 Å². The van der Waals surface area contributed by atoms with Crippen LogP contribution in [0.4, 0.5) is 0 Å². The lowest BCUT2D eigenvalue weighted by Gasteiger charge is -2.23. The predicted molar refractivity (Wildman–Crippen MR) is 117 cm³/mol. The van der Waals surface area contributed by atoms with Crippen molar-refractivity contribution in [3.8, 4) is 5.75 Å². The van der Waals surface area contributed by atoms with E-state index in [9.17, 15) is 9.59 Å². The first-order chi connectivity index (χ1) is 14.4. The van der Waals surface area contributed by atoms with Crippen LogP contribution in [0.25, 0.3) is 0 Å². The first kappa shape index (κ1) is 23.4. The van der Waals surface area contributed by atoms with Crippen molar-refractivity contribution in [3.05, 3.63) is 65.7 Å². The predicted octanol–water partition coefficient (Wildman–Crippen LogP) is 3.10. The van der Waals surface area contributed by atoms with E-state index in [2.05, 4.69) is 10.6 Å². The third kappa shape index (κ3) is 7.52. The second-order valence-electron chi connectivity index (χ2n) is 7.69. The minimum absolute atomic E-state index is 0.219. The lowest BCUT2D eigenvalue weighted by Crippen LogP contribution is -2.51. The van der Waals surface area contributed by atoms with E-state index in [0.717, 1.165) is 16.9 Å². The Morgan fingerprint density at radius 3 is 2.13 bits per heavy atom. The number of methoxy groups -OCH3 is 2. The zero-order valence-corrected chi connectivity index (χ0v) is 18.2. The van der Waals surface area contributed by atoms with Crippen LogP contribution in [-0.4, -0.2) is 38.2 Å². The average Bonchev–Trinajstić information content (AvgIpc) is 2.76. The van der Waals surface area contributed by atoms with E-state index >= 15 is 0 Å². The molecule has 0 fully saturated rings. The molecule has 162 valence electrons. The van der Waals surface area contributed by atoms with Crippen molar-refractivity contribution in [1.82, 2.24) is 10.6 Å². The molecule has 0 saturated carbocycles. The zero-order chi connectivity index (χ0) is 21.9. The van der Waals surface area contributed by atoms with Crippen LogP contribution >= 0.6 is 0 Å². The van der Waals surface area contributed by atoms with E-state index < -0.39 is 18.1 Å². The second kappa shape index (κ2) is 12.0. The van der Waals surface area contributed by atoms with Crippen molar-refractivity contribution < 1.29 is 19.1 Å². The van der Waals surface area contributed by atoms with Crippen molar-refractivity contribution in [2.45, 2.75) is 45.3 Å². The van der Waals surface area contributed by atoms with Crippen LogP contribution in [0, 0.1) is 5.92 Å². The van der Waals surface area contributed by atoms with Crippen molar-refractivity contribution in [2.24, 2.45) is 5.92 Å². The van der Waals surface area contributed by atoms with Gasteiger partial charge in [-0.2, -0.15) is 0 Å². The fourth-order valence-corrected chi connectivity index (χ4v) is 3.19. The summed E-state index contributed by atoms with van der Waals surface area (Å²) in [5.41, 5.74) is 2.08. The largest absolute Gasteiger partial charge is 0.497 e. The first-order valence-corrected chi connectivity index (χ1v) is 10.2. The molecule has 0 aliphatic rings. The summed E-state index contributed by atoms with van der Waals surface area (Å²) in [6.07, 6.45) is 1.04. The van der Waals surface area contributed by atoms with Gasteiger partial charge < -0.3 is 20.1 Å². The summed E-state index contributed by atoms with van der Waals surface area (Å²) in [7, 11) is 2.97. The van der Waals surface area contributed by atoms with Gasteiger partial charge in [-0.15, -0.1) is 0 Å². The summed E-state index contributed by atoms with van der Waals surface area (Å²) in [5, 5.41) is 6.21. The Balaban J connectivity index is 2.12. The van der Waals surface area contributed by atoms with Gasteiger partial charge in [0.05, 0.1) is 20.3 Å². The molecule has 6 heteroatoms. The van der Waals surface area contributed by atoms with E-state index in [-0.39, 0.29) is 11.8 Å². The molecule has 0 saturated heterocycles. The monoisotopic (exact) mass is 412 g/mol. The molecule has 2 aromatic carbocycles. The number of nitrogens with one attached hydrogen (secondary N) is 2. The number of carbonyl (C=O) groups excluding carboxylic acids is 2. The van der Waals surface area contributed by atoms with Gasteiger partial charge in [-0.1, -0.05) is 56.3 Å². The summed E-state index contributed by atoms with van der Waals surface area (Å²) in [6.45, 7) is 4.53. The fraction of sp³-hybridized carbons (Fsp3) is 0.417. The Kier molecular flexibility index (Phi) is 9.35. The van der Waals surface area contributed by atoms with Gasteiger partial charge in [0.1, 0.15) is 11.8 Å². The summed E-state index contributed by atoms with van der Waals surface area (Å²) in [4.78, 5) is 25.2. The van der Waals surface area contributed by atoms with Crippen LogP contribution in [0.15, 0.2) is 54.6 Å². The minimum atomic E-state index is -0.663. The van der Waals surface area contributed by atoms with Crippen LogP contribution in [0.2, 0.25) is 0 Å². The molecule has 2 rings (SSSR count). The molecule has 0 aromatic heterocycles. The van der Waals surface area contributed by atoms with Crippen molar-refractivity contribution in [1.29, 1.82) is 0 Å². The van der Waals surface area contributed by atoms with Gasteiger partial charge in [-0.25, -0.2) is 4.79 Å². The molecule has 30 heavy (non-hydrogen) atoms. The Bertz CT molecular complexity index is 791. The molecule has 0 unspecified atom stereocenters. The van der Waals surface area contributed by atoms with Gasteiger partial charge >= 0.3 is 5.97 Å². The number of rotatable bonds is 11. The highest BCUT2D eigenvalue weighted by molar-refractivity contribution is 5.87. The van der Waals surface area contributed by atoms with E-state index in [1.165, 1.54) is 7.11 Å². The lowest BCUT2D eigenvalue weighted by atomic mass is 10.0. The molecule has 0 bridgehead atoms. The van der Waals surface area contributed by atoms with Crippen molar-refractivity contribution in [3.63, 3.8) is 0 Å². The lowest BCUT2D eigenvalue weighted by molar-refractivity contribution is -0.145. The molecule has 0 aliphatic heterocycles. The third-order valence-electron chi connectivity index (χ3n) is 4.82. The summed E-state index contributed by atoms with van der Waals surface area (Å²) < 4.78 is 10.1. The quantitative estimate of drug-likeness (QED) is 0.555. The van der Waals surface area contributed by atoms with Gasteiger partial charge in [-0.3, -0.25) is 4.79 Å². The summed E-state index contributed by atoms with van der Waals surface area (Å²) in [5.74, 6) is 0.384. The molecule has 2 N–H and O–H groups in total. The van der Waals surface area contributed by atoms with Crippen LogP contribution in [0.1, 0.15) is 31.4 Å². The molecule has 0 heterocycles. The molecular formula is C24H32N2O4. The number of benzene rings is 2. The molecule has 0 radical (unpaired) electrons. The summed E-state index contributed by atoms with van der Waals surface area (Å²) in [6, 6.07) is 16.4. The Hall–Kier alpha value is -2.86. The normalized spacial score (nSPS) is 12.8. The second-order valence-corrected chi connectivity index (χ2v) is 7.69. The maximum atomic E-state index is 13.1. The van der Waals surface area contributed by atoms with Gasteiger partial charge in [-0.05, 0) is 42.0 Å². The molecule has 0 spiro atoms. The fourth-order valence-electron chi connectivity index (χ4n) is 3.19. The first-order valence-electron chi connectivity index (χ1n) is 10.2. The van der Waals surface area contributed by atoms with Crippen LogP contribution in [0.5, 0.6) is 5.75 Å². The van der Waals surface area contributed by atoms with Crippen LogP contribution in [-0.2, 0) is 27.3 Å². The highest BCUT2D eigenvalue weighted by atomic mass is 16.5. The van der Waals surface area contributed by atoms with Crippen molar-refractivity contribution >= 4 is 11.9 Å².